The van der Waals surface area contributed by atoms with E-state index in [1.165, 1.54) is 0 Å². The maximum Gasteiger partial charge on any atom is 0.307 e. The molecule has 2 rings (SSSR count). The molecule has 1 amide bonds. The van der Waals surface area contributed by atoms with Crippen molar-refractivity contribution >= 4 is 11.9 Å². The summed E-state index contributed by atoms with van der Waals surface area (Å²) in [6.07, 6.45) is 4.28. The van der Waals surface area contributed by atoms with Gasteiger partial charge in [0.2, 0.25) is 5.91 Å². The van der Waals surface area contributed by atoms with E-state index in [2.05, 4.69) is 11.9 Å². The van der Waals surface area contributed by atoms with Crippen LogP contribution in [0.15, 0.2) is 0 Å². The van der Waals surface area contributed by atoms with Crippen LogP contribution in [-0.4, -0.2) is 60.0 Å². The van der Waals surface area contributed by atoms with Gasteiger partial charge in [-0.05, 0) is 32.9 Å². The van der Waals surface area contributed by atoms with Gasteiger partial charge in [-0.3, -0.25) is 9.59 Å². The van der Waals surface area contributed by atoms with Crippen LogP contribution in [0.5, 0.6) is 0 Å². The fraction of sp³-hybridized carbons (Fsp3) is 0.857. The first-order valence-corrected chi connectivity index (χ1v) is 7.29. The zero-order valence-electron chi connectivity index (χ0n) is 11.7. The zero-order valence-corrected chi connectivity index (χ0v) is 11.7. The van der Waals surface area contributed by atoms with Crippen molar-refractivity contribution < 1.29 is 14.7 Å². The lowest BCUT2D eigenvalue weighted by molar-refractivity contribution is -0.152. The molecule has 0 aromatic heterocycles. The van der Waals surface area contributed by atoms with Gasteiger partial charge in [0.05, 0.1) is 11.8 Å². The fourth-order valence-corrected chi connectivity index (χ4v) is 3.22. The van der Waals surface area contributed by atoms with Crippen LogP contribution < -0.4 is 0 Å². The van der Waals surface area contributed by atoms with Gasteiger partial charge in [-0.25, -0.2) is 0 Å². The Bertz CT molecular complexity index is 346. The number of hydrogen-bond acceptors (Lipinski definition) is 3. The molecule has 1 saturated heterocycles. The molecule has 19 heavy (non-hydrogen) atoms. The summed E-state index contributed by atoms with van der Waals surface area (Å²) < 4.78 is 0. The Hall–Kier alpha value is -1.10. The number of carbonyl (C=O) groups excluding carboxylic acids is 1. The van der Waals surface area contributed by atoms with Crippen LogP contribution in [0, 0.1) is 11.8 Å². The molecule has 1 N–H and O–H groups in total. The van der Waals surface area contributed by atoms with E-state index in [1.54, 1.807) is 0 Å². The van der Waals surface area contributed by atoms with Gasteiger partial charge in [0.25, 0.3) is 0 Å². The lowest BCUT2D eigenvalue weighted by Crippen LogP contribution is -2.43. The number of likely N-dealkylation sites (N-methyl/N-ethyl adjacent to an activating group) is 1. The molecule has 0 radical (unpaired) electrons. The monoisotopic (exact) mass is 268 g/mol. The topological polar surface area (TPSA) is 60.9 Å². The van der Waals surface area contributed by atoms with Crippen molar-refractivity contribution in [2.45, 2.75) is 32.1 Å². The second-order valence-corrected chi connectivity index (χ2v) is 5.82. The standard InChI is InChI=1S/C14H24N2O3/c1-15-7-4-8-16(10-9-15)13(17)11-5-2-3-6-12(11)14(18)19/h11-12H,2-10H2,1H3,(H,18,19). The maximum absolute atomic E-state index is 12.6. The predicted molar refractivity (Wildman–Crippen MR) is 71.8 cm³/mol. The third kappa shape index (κ3) is 3.47. The molecule has 108 valence electrons. The number of carbonyl (C=O) groups is 2. The minimum Gasteiger partial charge on any atom is -0.481 e. The molecular formula is C14H24N2O3. The van der Waals surface area contributed by atoms with Gasteiger partial charge in [-0.2, -0.15) is 0 Å². The summed E-state index contributed by atoms with van der Waals surface area (Å²) in [6, 6.07) is 0. The molecule has 2 unspecified atom stereocenters. The van der Waals surface area contributed by atoms with Crippen molar-refractivity contribution in [2.24, 2.45) is 11.8 Å². The number of carboxylic acid groups (broad SMARTS) is 1. The Morgan fingerprint density at radius 2 is 1.63 bits per heavy atom. The summed E-state index contributed by atoms with van der Waals surface area (Å²) in [4.78, 5) is 28.0. The summed E-state index contributed by atoms with van der Waals surface area (Å²) in [6.45, 7) is 3.40. The van der Waals surface area contributed by atoms with Crippen LogP contribution >= 0.6 is 0 Å². The number of rotatable bonds is 2. The van der Waals surface area contributed by atoms with Crippen molar-refractivity contribution in [3.63, 3.8) is 0 Å². The third-order valence-electron chi connectivity index (χ3n) is 4.43. The molecule has 0 aromatic rings. The maximum atomic E-state index is 12.6. The third-order valence-corrected chi connectivity index (χ3v) is 4.43. The van der Waals surface area contributed by atoms with Gasteiger partial charge >= 0.3 is 5.97 Å². The van der Waals surface area contributed by atoms with Gasteiger partial charge in [0.1, 0.15) is 0 Å². The Labute approximate surface area is 114 Å². The molecule has 1 heterocycles. The molecule has 2 fully saturated rings. The van der Waals surface area contributed by atoms with E-state index >= 15 is 0 Å². The van der Waals surface area contributed by atoms with Crippen molar-refractivity contribution in [3.05, 3.63) is 0 Å². The van der Waals surface area contributed by atoms with Crippen molar-refractivity contribution in [1.82, 2.24) is 9.80 Å². The summed E-state index contributed by atoms with van der Waals surface area (Å²) in [5.41, 5.74) is 0. The molecule has 1 aliphatic heterocycles. The number of aliphatic carboxylic acids is 1. The van der Waals surface area contributed by atoms with Crippen molar-refractivity contribution in [2.75, 3.05) is 33.2 Å². The fourth-order valence-electron chi connectivity index (χ4n) is 3.22. The SMILES string of the molecule is CN1CCCN(C(=O)C2CCCCC2C(=O)O)CC1. The van der Waals surface area contributed by atoms with E-state index in [4.69, 9.17) is 0 Å². The van der Waals surface area contributed by atoms with Crippen LogP contribution in [0.25, 0.3) is 0 Å². The molecular weight excluding hydrogens is 244 g/mol. The summed E-state index contributed by atoms with van der Waals surface area (Å²) in [5.74, 6) is -1.50. The van der Waals surface area contributed by atoms with E-state index in [0.717, 1.165) is 51.9 Å². The normalized spacial score (nSPS) is 29.8. The molecule has 0 spiro atoms. The van der Waals surface area contributed by atoms with Gasteiger partial charge in [0.15, 0.2) is 0 Å². The number of nitrogens with zero attached hydrogens (tertiary/aromatic N) is 2. The highest BCUT2D eigenvalue weighted by atomic mass is 16.4. The van der Waals surface area contributed by atoms with Crippen molar-refractivity contribution in [3.8, 4) is 0 Å². The van der Waals surface area contributed by atoms with Crippen LogP contribution in [0.4, 0.5) is 0 Å². The highest BCUT2D eigenvalue weighted by molar-refractivity contribution is 5.85. The van der Waals surface area contributed by atoms with Crippen LogP contribution in [0.1, 0.15) is 32.1 Å². The first-order valence-electron chi connectivity index (χ1n) is 7.29. The smallest absolute Gasteiger partial charge is 0.307 e. The van der Waals surface area contributed by atoms with Crippen LogP contribution in [-0.2, 0) is 9.59 Å². The molecule has 1 aliphatic carbocycles. The minimum absolute atomic E-state index is 0.0717. The lowest BCUT2D eigenvalue weighted by Gasteiger charge is -2.32. The average molecular weight is 268 g/mol. The quantitative estimate of drug-likeness (QED) is 0.813. The largest absolute Gasteiger partial charge is 0.481 e. The van der Waals surface area contributed by atoms with Gasteiger partial charge in [0, 0.05) is 19.6 Å². The Morgan fingerprint density at radius 3 is 2.32 bits per heavy atom. The highest BCUT2D eigenvalue weighted by Gasteiger charge is 2.37. The van der Waals surface area contributed by atoms with E-state index in [-0.39, 0.29) is 11.8 Å². The van der Waals surface area contributed by atoms with Gasteiger partial charge < -0.3 is 14.9 Å². The van der Waals surface area contributed by atoms with E-state index < -0.39 is 11.9 Å². The second-order valence-electron chi connectivity index (χ2n) is 5.82. The molecule has 0 aromatic carbocycles. The molecule has 2 aliphatic rings. The zero-order chi connectivity index (χ0) is 13.8. The minimum atomic E-state index is -0.801. The Kier molecular flexibility index (Phi) is 4.80. The van der Waals surface area contributed by atoms with Crippen LogP contribution in [0.3, 0.4) is 0 Å². The predicted octanol–water partition coefficient (Wildman–Crippen LogP) is 1.04. The lowest BCUT2D eigenvalue weighted by atomic mass is 9.78. The van der Waals surface area contributed by atoms with Gasteiger partial charge in [-0.15, -0.1) is 0 Å². The number of hydrogen-bond donors (Lipinski definition) is 1. The second kappa shape index (κ2) is 6.37. The first-order chi connectivity index (χ1) is 9.09. The number of carboxylic acids is 1. The summed E-state index contributed by atoms with van der Waals surface area (Å²) in [5, 5.41) is 9.27. The van der Waals surface area contributed by atoms with Crippen molar-refractivity contribution in [1.29, 1.82) is 0 Å². The van der Waals surface area contributed by atoms with Gasteiger partial charge in [-0.1, -0.05) is 12.8 Å². The molecule has 0 bridgehead atoms. The first kappa shape index (κ1) is 14.3. The molecule has 5 nitrogen and oxygen atoms in total. The summed E-state index contributed by atoms with van der Waals surface area (Å²) in [7, 11) is 2.06. The molecule has 2 atom stereocenters. The Balaban J connectivity index is 2.02. The molecule has 5 heteroatoms. The van der Waals surface area contributed by atoms with E-state index in [1.807, 2.05) is 4.90 Å². The highest BCUT2D eigenvalue weighted by Crippen LogP contribution is 2.32. The van der Waals surface area contributed by atoms with E-state index in [9.17, 15) is 14.7 Å². The Morgan fingerprint density at radius 1 is 0.947 bits per heavy atom. The van der Waals surface area contributed by atoms with Crippen LogP contribution in [0.2, 0.25) is 0 Å². The van der Waals surface area contributed by atoms with E-state index in [0.29, 0.717) is 6.42 Å². The summed E-state index contributed by atoms with van der Waals surface area (Å²) >= 11 is 0. The average Bonchev–Trinajstić information content (AvgIpc) is 2.62. The number of amides is 1. The molecule has 1 saturated carbocycles.